The summed E-state index contributed by atoms with van der Waals surface area (Å²) in [5, 5.41) is 13.4. The Morgan fingerprint density at radius 3 is 2.94 bits per heavy atom. The summed E-state index contributed by atoms with van der Waals surface area (Å²) < 4.78 is 5.26. The van der Waals surface area contributed by atoms with Crippen LogP contribution < -0.4 is 10.6 Å². The first-order valence-electron chi connectivity index (χ1n) is 6.07. The predicted octanol–water partition coefficient (Wildman–Crippen LogP) is 1.57. The van der Waals surface area contributed by atoms with Crippen molar-refractivity contribution in [2.45, 2.75) is 39.2 Å². The SMILES string of the molecule is CCC(C)NC(=O)CCNc1nnc(CCCl)o1. The highest BCUT2D eigenvalue weighted by Crippen LogP contribution is 2.06. The fraction of sp³-hybridized carbons (Fsp3) is 0.727. The molecule has 0 aliphatic carbocycles. The standard InChI is InChI=1S/C11H19ClN4O2/c1-3-8(2)14-9(17)5-7-13-11-16-15-10(18-11)4-6-12/h8H,3-7H2,1-2H3,(H,13,16)(H,14,17). The molecule has 1 atom stereocenters. The molecule has 18 heavy (non-hydrogen) atoms. The number of halogens is 1. The fourth-order valence-corrected chi connectivity index (χ4v) is 1.40. The summed E-state index contributed by atoms with van der Waals surface area (Å²) in [6.07, 6.45) is 1.84. The van der Waals surface area contributed by atoms with Crippen molar-refractivity contribution in [1.29, 1.82) is 0 Å². The number of aryl methyl sites for hydroxylation is 1. The van der Waals surface area contributed by atoms with E-state index in [-0.39, 0.29) is 11.9 Å². The molecule has 0 bridgehead atoms. The first kappa shape index (κ1) is 14.8. The van der Waals surface area contributed by atoms with E-state index in [9.17, 15) is 4.79 Å². The molecule has 0 saturated heterocycles. The number of carbonyl (C=O) groups excluding carboxylic acids is 1. The summed E-state index contributed by atoms with van der Waals surface area (Å²) in [5.74, 6) is 0.952. The maximum Gasteiger partial charge on any atom is 0.315 e. The number of anilines is 1. The average Bonchev–Trinajstić information content (AvgIpc) is 2.77. The third-order valence-electron chi connectivity index (χ3n) is 2.42. The van der Waals surface area contributed by atoms with E-state index in [0.717, 1.165) is 6.42 Å². The molecule has 1 aromatic heterocycles. The highest BCUT2D eigenvalue weighted by molar-refractivity contribution is 6.17. The molecule has 0 radical (unpaired) electrons. The first-order valence-corrected chi connectivity index (χ1v) is 6.60. The van der Waals surface area contributed by atoms with Crippen LogP contribution in [0.15, 0.2) is 4.42 Å². The summed E-state index contributed by atoms with van der Waals surface area (Å²) in [5.41, 5.74) is 0. The van der Waals surface area contributed by atoms with Crippen LogP contribution in [0.4, 0.5) is 6.01 Å². The Hall–Kier alpha value is -1.30. The van der Waals surface area contributed by atoms with Crippen molar-refractivity contribution >= 4 is 23.5 Å². The topological polar surface area (TPSA) is 80.0 Å². The number of hydrogen-bond donors (Lipinski definition) is 2. The lowest BCUT2D eigenvalue weighted by molar-refractivity contribution is -0.121. The number of alkyl halides is 1. The first-order chi connectivity index (χ1) is 8.65. The van der Waals surface area contributed by atoms with Crippen LogP contribution in [0, 0.1) is 0 Å². The lowest BCUT2D eigenvalue weighted by atomic mass is 10.2. The Morgan fingerprint density at radius 1 is 1.50 bits per heavy atom. The average molecular weight is 275 g/mol. The molecule has 1 unspecified atom stereocenters. The number of nitrogens with one attached hydrogen (secondary N) is 2. The lowest BCUT2D eigenvalue weighted by Crippen LogP contribution is -2.32. The molecular formula is C11H19ClN4O2. The van der Waals surface area contributed by atoms with Gasteiger partial charge in [0.15, 0.2) is 0 Å². The Balaban J connectivity index is 2.22. The van der Waals surface area contributed by atoms with Gasteiger partial charge in [0.2, 0.25) is 11.8 Å². The van der Waals surface area contributed by atoms with Crippen molar-refractivity contribution in [3.8, 4) is 0 Å². The van der Waals surface area contributed by atoms with Gasteiger partial charge in [0.1, 0.15) is 0 Å². The van der Waals surface area contributed by atoms with E-state index in [1.807, 2.05) is 13.8 Å². The third kappa shape index (κ3) is 5.35. The molecule has 0 aromatic carbocycles. The van der Waals surface area contributed by atoms with Crippen LogP contribution in [0.25, 0.3) is 0 Å². The Kier molecular flexibility index (Phi) is 6.49. The number of aromatic nitrogens is 2. The summed E-state index contributed by atoms with van der Waals surface area (Å²) in [6.45, 7) is 4.46. The molecule has 1 aromatic rings. The monoisotopic (exact) mass is 274 g/mol. The minimum atomic E-state index is 0.0114. The van der Waals surface area contributed by atoms with Crippen LogP contribution in [0.3, 0.4) is 0 Å². The summed E-state index contributed by atoms with van der Waals surface area (Å²) >= 11 is 5.55. The maximum absolute atomic E-state index is 11.5. The van der Waals surface area contributed by atoms with Gasteiger partial charge < -0.3 is 15.1 Å². The molecule has 0 spiro atoms. The third-order valence-corrected chi connectivity index (χ3v) is 2.61. The second-order valence-corrected chi connectivity index (χ2v) is 4.37. The van der Waals surface area contributed by atoms with Crippen molar-refractivity contribution < 1.29 is 9.21 Å². The van der Waals surface area contributed by atoms with Crippen LogP contribution in [-0.4, -0.2) is 34.6 Å². The van der Waals surface area contributed by atoms with Gasteiger partial charge in [0.25, 0.3) is 0 Å². The Morgan fingerprint density at radius 2 is 2.28 bits per heavy atom. The molecule has 0 saturated carbocycles. The molecule has 0 fully saturated rings. The van der Waals surface area contributed by atoms with Crippen LogP contribution in [-0.2, 0) is 11.2 Å². The zero-order valence-electron chi connectivity index (χ0n) is 10.7. The van der Waals surface area contributed by atoms with E-state index in [2.05, 4.69) is 20.8 Å². The number of carbonyl (C=O) groups is 1. The molecule has 7 heteroatoms. The molecule has 2 N–H and O–H groups in total. The maximum atomic E-state index is 11.5. The van der Waals surface area contributed by atoms with Gasteiger partial charge >= 0.3 is 6.01 Å². The van der Waals surface area contributed by atoms with Crippen molar-refractivity contribution in [3.05, 3.63) is 5.89 Å². The minimum absolute atomic E-state index is 0.0114. The van der Waals surface area contributed by atoms with E-state index >= 15 is 0 Å². The van der Waals surface area contributed by atoms with Gasteiger partial charge in [-0.05, 0) is 13.3 Å². The van der Waals surface area contributed by atoms with Crippen molar-refractivity contribution in [1.82, 2.24) is 15.5 Å². The largest absolute Gasteiger partial charge is 0.408 e. The van der Waals surface area contributed by atoms with E-state index in [1.54, 1.807) is 0 Å². The molecule has 1 rings (SSSR count). The molecule has 1 amide bonds. The second kappa shape index (κ2) is 7.92. The number of amides is 1. The molecule has 0 aliphatic rings. The Bertz CT molecular complexity index is 370. The van der Waals surface area contributed by atoms with Gasteiger partial charge in [-0.15, -0.1) is 16.7 Å². The van der Waals surface area contributed by atoms with Crippen LogP contribution in [0.5, 0.6) is 0 Å². The molecule has 0 aliphatic heterocycles. The van der Waals surface area contributed by atoms with Gasteiger partial charge in [-0.3, -0.25) is 4.79 Å². The van der Waals surface area contributed by atoms with Crippen LogP contribution in [0.2, 0.25) is 0 Å². The zero-order chi connectivity index (χ0) is 13.4. The van der Waals surface area contributed by atoms with Gasteiger partial charge in [0, 0.05) is 31.3 Å². The highest BCUT2D eigenvalue weighted by Gasteiger charge is 2.07. The van der Waals surface area contributed by atoms with E-state index in [4.69, 9.17) is 16.0 Å². The van der Waals surface area contributed by atoms with Gasteiger partial charge in [-0.1, -0.05) is 12.0 Å². The molecule has 102 valence electrons. The van der Waals surface area contributed by atoms with E-state index in [0.29, 0.717) is 37.2 Å². The van der Waals surface area contributed by atoms with Crippen LogP contribution >= 0.6 is 11.6 Å². The van der Waals surface area contributed by atoms with Crippen molar-refractivity contribution in [2.75, 3.05) is 17.7 Å². The van der Waals surface area contributed by atoms with Crippen molar-refractivity contribution in [2.24, 2.45) is 0 Å². The normalized spacial score (nSPS) is 12.2. The summed E-state index contributed by atoms with van der Waals surface area (Å²) in [7, 11) is 0. The fourth-order valence-electron chi connectivity index (χ4n) is 1.24. The smallest absolute Gasteiger partial charge is 0.315 e. The zero-order valence-corrected chi connectivity index (χ0v) is 11.5. The molecule has 6 nitrogen and oxygen atoms in total. The quantitative estimate of drug-likeness (QED) is 0.704. The van der Waals surface area contributed by atoms with Gasteiger partial charge in [0.05, 0.1) is 0 Å². The van der Waals surface area contributed by atoms with Gasteiger partial charge in [-0.2, -0.15) is 0 Å². The summed E-state index contributed by atoms with van der Waals surface area (Å²) in [6, 6.07) is 0.530. The van der Waals surface area contributed by atoms with Gasteiger partial charge in [-0.25, -0.2) is 0 Å². The second-order valence-electron chi connectivity index (χ2n) is 3.99. The molecular weight excluding hydrogens is 256 g/mol. The lowest BCUT2D eigenvalue weighted by Gasteiger charge is -2.10. The highest BCUT2D eigenvalue weighted by atomic mass is 35.5. The van der Waals surface area contributed by atoms with Crippen molar-refractivity contribution in [3.63, 3.8) is 0 Å². The number of nitrogens with zero attached hydrogens (tertiary/aromatic N) is 2. The predicted molar refractivity (Wildman–Crippen MR) is 69.7 cm³/mol. The number of hydrogen-bond acceptors (Lipinski definition) is 5. The summed E-state index contributed by atoms with van der Waals surface area (Å²) in [4.78, 5) is 11.5. The minimum Gasteiger partial charge on any atom is -0.408 e. The van der Waals surface area contributed by atoms with Crippen LogP contribution in [0.1, 0.15) is 32.6 Å². The van der Waals surface area contributed by atoms with E-state index in [1.165, 1.54) is 0 Å². The Labute approximate surface area is 111 Å². The van der Waals surface area contributed by atoms with E-state index < -0.39 is 0 Å². The molecule has 1 heterocycles. The number of rotatable bonds is 8.